The van der Waals surface area contributed by atoms with Gasteiger partial charge in [-0.2, -0.15) is 0 Å². The summed E-state index contributed by atoms with van der Waals surface area (Å²) >= 11 is 0. The van der Waals surface area contributed by atoms with Crippen LogP contribution in [0.1, 0.15) is 50.5 Å². The minimum absolute atomic E-state index is 0.143. The lowest BCUT2D eigenvalue weighted by Gasteiger charge is -2.13. The largest absolute Gasteiger partial charge is 0.494 e. The molecule has 0 aromatic heterocycles. The maximum Gasteiger partial charge on any atom is 0.168 e. The third-order valence-electron chi connectivity index (χ3n) is 4.14. The highest BCUT2D eigenvalue weighted by Gasteiger charge is 2.18. The van der Waals surface area contributed by atoms with Crippen molar-refractivity contribution in [3.63, 3.8) is 0 Å². The molecule has 1 aliphatic rings. The number of ketones is 1. The van der Waals surface area contributed by atoms with E-state index >= 15 is 0 Å². The molecule has 2 nitrogen and oxygen atoms in total. The fraction of sp³-hybridized carbons (Fsp3) is 0.588. The van der Waals surface area contributed by atoms with Crippen molar-refractivity contribution in [3.8, 4) is 5.75 Å². The predicted octanol–water partition coefficient (Wildman–Crippen LogP) is 4.31. The Labute approximate surface area is 120 Å². The van der Waals surface area contributed by atoms with Crippen LogP contribution in [0.25, 0.3) is 0 Å². The highest BCUT2D eigenvalue weighted by molar-refractivity contribution is 5.81. The Balaban J connectivity index is 1.94. The summed E-state index contributed by atoms with van der Waals surface area (Å²) in [5, 5.41) is 0. The first-order chi connectivity index (χ1) is 9.70. The van der Waals surface area contributed by atoms with Gasteiger partial charge in [0.15, 0.2) is 11.6 Å². The highest BCUT2D eigenvalue weighted by Crippen LogP contribution is 2.27. The van der Waals surface area contributed by atoms with Crippen LogP contribution in [0.2, 0.25) is 0 Å². The molecule has 0 bridgehead atoms. The average Bonchev–Trinajstić information content (AvgIpc) is 2.70. The van der Waals surface area contributed by atoms with Gasteiger partial charge in [-0.15, -0.1) is 0 Å². The molecule has 2 rings (SSSR count). The van der Waals surface area contributed by atoms with Gasteiger partial charge in [0.2, 0.25) is 0 Å². The van der Waals surface area contributed by atoms with Crippen molar-refractivity contribution in [1.29, 1.82) is 0 Å². The fourth-order valence-corrected chi connectivity index (χ4v) is 3.03. The van der Waals surface area contributed by atoms with Gasteiger partial charge in [0.25, 0.3) is 0 Å². The molecule has 0 saturated heterocycles. The van der Waals surface area contributed by atoms with Gasteiger partial charge in [-0.05, 0) is 17.5 Å². The van der Waals surface area contributed by atoms with Crippen LogP contribution in [0.4, 0.5) is 4.39 Å². The molecular formula is C17H23FO2. The minimum atomic E-state index is -0.399. The van der Waals surface area contributed by atoms with Gasteiger partial charge in [0, 0.05) is 12.8 Å². The Morgan fingerprint density at radius 3 is 2.60 bits per heavy atom. The second-order valence-corrected chi connectivity index (χ2v) is 5.71. The number of carbonyl (C=O) groups excluding carboxylic acids is 1. The molecule has 20 heavy (non-hydrogen) atoms. The number of carbonyl (C=O) groups is 1. The number of benzene rings is 1. The quantitative estimate of drug-likeness (QED) is 0.750. The summed E-state index contributed by atoms with van der Waals surface area (Å²) in [6.45, 7) is 0. The molecule has 0 atom stereocenters. The van der Waals surface area contributed by atoms with Gasteiger partial charge >= 0.3 is 0 Å². The number of hydrogen-bond acceptors (Lipinski definition) is 2. The summed E-state index contributed by atoms with van der Waals surface area (Å²) in [6.07, 6.45) is 8.09. The van der Waals surface area contributed by atoms with E-state index in [0.717, 1.165) is 12.8 Å². The molecule has 1 aliphatic carbocycles. The Bertz CT molecular complexity index is 448. The van der Waals surface area contributed by atoms with Crippen LogP contribution < -0.4 is 4.74 Å². The first-order valence-corrected chi connectivity index (χ1v) is 7.53. The molecule has 0 aliphatic heterocycles. The highest BCUT2D eigenvalue weighted by atomic mass is 19.1. The van der Waals surface area contributed by atoms with Crippen molar-refractivity contribution in [3.05, 3.63) is 29.6 Å². The van der Waals surface area contributed by atoms with Gasteiger partial charge in [0.1, 0.15) is 5.78 Å². The number of Topliss-reactive ketones (excluding diaryl/α,β-unsaturated/α-hetero) is 1. The van der Waals surface area contributed by atoms with E-state index < -0.39 is 5.82 Å². The summed E-state index contributed by atoms with van der Waals surface area (Å²) in [6, 6.07) is 4.98. The van der Waals surface area contributed by atoms with Gasteiger partial charge in [-0.3, -0.25) is 4.79 Å². The molecule has 1 fully saturated rings. The third-order valence-corrected chi connectivity index (χ3v) is 4.14. The zero-order chi connectivity index (χ0) is 14.4. The number of methoxy groups -OCH3 is 1. The molecule has 1 aromatic carbocycles. The lowest BCUT2D eigenvalue weighted by molar-refractivity contribution is -0.119. The maximum atomic E-state index is 14.0. The van der Waals surface area contributed by atoms with Crippen LogP contribution >= 0.6 is 0 Å². The molecular weight excluding hydrogens is 255 g/mol. The Kier molecular flexibility index (Phi) is 5.57. The van der Waals surface area contributed by atoms with Crippen molar-refractivity contribution >= 4 is 5.78 Å². The summed E-state index contributed by atoms with van der Waals surface area (Å²) < 4.78 is 18.9. The molecule has 1 saturated carbocycles. The number of halogens is 1. The van der Waals surface area contributed by atoms with Gasteiger partial charge in [0.05, 0.1) is 7.11 Å². The molecule has 0 radical (unpaired) electrons. The van der Waals surface area contributed by atoms with Gasteiger partial charge < -0.3 is 4.74 Å². The van der Waals surface area contributed by atoms with E-state index in [4.69, 9.17) is 4.74 Å². The van der Waals surface area contributed by atoms with E-state index in [0.29, 0.717) is 17.9 Å². The Morgan fingerprint density at radius 2 is 1.95 bits per heavy atom. The van der Waals surface area contributed by atoms with E-state index in [2.05, 4.69) is 0 Å². The number of hydrogen-bond donors (Lipinski definition) is 0. The first-order valence-electron chi connectivity index (χ1n) is 7.53. The van der Waals surface area contributed by atoms with Crippen LogP contribution in [-0.2, 0) is 11.2 Å². The summed E-state index contributed by atoms with van der Waals surface area (Å²) in [5.41, 5.74) is 0.447. The van der Waals surface area contributed by atoms with Crippen LogP contribution in [0.15, 0.2) is 18.2 Å². The van der Waals surface area contributed by atoms with Crippen molar-refractivity contribution in [2.45, 2.75) is 51.4 Å². The molecule has 110 valence electrons. The van der Waals surface area contributed by atoms with E-state index in [1.165, 1.54) is 32.8 Å². The SMILES string of the molecule is COc1cccc(CC(=O)CC2CCCCCC2)c1F. The van der Waals surface area contributed by atoms with Crippen LogP contribution in [0.5, 0.6) is 5.75 Å². The fourth-order valence-electron chi connectivity index (χ4n) is 3.03. The Hall–Kier alpha value is -1.38. The van der Waals surface area contributed by atoms with E-state index in [1.807, 2.05) is 0 Å². The molecule has 1 aromatic rings. The molecule has 0 unspecified atom stereocenters. The zero-order valence-electron chi connectivity index (χ0n) is 12.2. The lowest BCUT2D eigenvalue weighted by atomic mass is 9.92. The normalized spacial score (nSPS) is 16.7. The summed E-state index contributed by atoms with van der Waals surface area (Å²) in [7, 11) is 1.44. The van der Waals surface area contributed by atoms with Crippen LogP contribution in [0, 0.1) is 11.7 Å². The van der Waals surface area contributed by atoms with Crippen LogP contribution in [0.3, 0.4) is 0 Å². The monoisotopic (exact) mass is 278 g/mol. The van der Waals surface area contributed by atoms with Crippen LogP contribution in [-0.4, -0.2) is 12.9 Å². The van der Waals surface area contributed by atoms with Crippen molar-refractivity contribution < 1.29 is 13.9 Å². The van der Waals surface area contributed by atoms with Crippen molar-refractivity contribution in [2.24, 2.45) is 5.92 Å². The van der Waals surface area contributed by atoms with Crippen molar-refractivity contribution in [2.75, 3.05) is 7.11 Å². The maximum absolute atomic E-state index is 14.0. The van der Waals surface area contributed by atoms with E-state index in [-0.39, 0.29) is 18.0 Å². The third kappa shape index (κ3) is 4.06. The minimum Gasteiger partial charge on any atom is -0.494 e. The van der Waals surface area contributed by atoms with Crippen molar-refractivity contribution in [1.82, 2.24) is 0 Å². The first kappa shape index (κ1) is 15.0. The summed E-state index contributed by atoms with van der Waals surface area (Å²) in [5.74, 6) is 0.455. The Morgan fingerprint density at radius 1 is 1.25 bits per heavy atom. The van der Waals surface area contributed by atoms with E-state index in [1.54, 1.807) is 18.2 Å². The summed E-state index contributed by atoms with van der Waals surface area (Å²) in [4.78, 5) is 12.1. The molecule has 3 heteroatoms. The molecule has 0 amide bonds. The smallest absolute Gasteiger partial charge is 0.168 e. The molecule has 0 heterocycles. The van der Waals surface area contributed by atoms with E-state index in [9.17, 15) is 9.18 Å². The zero-order valence-corrected chi connectivity index (χ0v) is 12.2. The number of rotatable bonds is 5. The average molecular weight is 278 g/mol. The second-order valence-electron chi connectivity index (χ2n) is 5.71. The second kappa shape index (κ2) is 7.41. The standard InChI is InChI=1S/C17H23FO2/c1-20-16-10-6-9-14(17(16)18)12-15(19)11-13-7-4-2-3-5-8-13/h6,9-10,13H,2-5,7-8,11-12H2,1H3. The van der Waals surface area contributed by atoms with Gasteiger partial charge in [-0.25, -0.2) is 4.39 Å². The number of ether oxygens (including phenoxy) is 1. The molecule has 0 spiro atoms. The predicted molar refractivity (Wildman–Crippen MR) is 77.5 cm³/mol. The lowest BCUT2D eigenvalue weighted by Crippen LogP contribution is -2.11. The van der Waals surface area contributed by atoms with Gasteiger partial charge in [-0.1, -0.05) is 50.7 Å². The molecule has 0 N–H and O–H groups in total. The topological polar surface area (TPSA) is 26.3 Å².